The van der Waals surface area contributed by atoms with E-state index in [1.54, 1.807) is 6.92 Å². The van der Waals surface area contributed by atoms with Crippen LogP contribution in [-0.2, 0) is 0 Å². The van der Waals surface area contributed by atoms with E-state index in [0.29, 0.717) is 0 Å². The molecule has 0 aromatic rings. The molecule has 0 aromatic carbocycles. The van der Waals surface area contributed by atoms with Crippen LogP contribution in [0, 0.1) is 143 Å². The molecule has 0 aliphatic carbocycles. The molecule has 0 spiro atoms. The van der Waals surface area contributed by atoms with Crippen molar-refractivity contribution in [2.45, 2.75) is 163 Å². The van der Waals surface area contributed by atoms with Gasteiger partial charge in [0, 0.05) is 23.7 Å². The molecule has 0 bridgehead atoms. The molecule has 49 heavy (non-hydrogen) atoms. The van der Waals surface area contributed by atoms with Crippen LogP contribution in [0.25, 0.3) is 0 Å². The summed E-state index contributed by atoms with van der Waals surface area (Å²) in [6, 6.07) is 0. The lowest BCUT2D eigenvalue weighted by atomic mass is 9.93. The second-order valence-corrected chi connectivity index (χ2v) is 12.3. The zero-order chi connectivity index (χ0) is 36.1. The number of unbranched alkanes of at least 4 members (excludes halogenated alkanes) is 17. The van der Waals surface area contributed by atoms with Crippen LogP contribution in [0.1, 0.15) is 163 Å². The first kappa shape index (κ1) is 46.3. The van der Waals surface area contributed by atoms with Gasteiger partial charge in [0.15, 0.2) is 0 Å². The van der Waals surface area contributed by atoms with Gasteiger partial charge in [-0.1, -0.05) is 156 Å². The molecule has 0 radical (unpaired) electrons. The molecule has 0 heterocycles. The Kier molecular flexibility index (Phi) is 40.8. The van der Waals surface area contributed by atoms with Crippen molar-refractivity contribution in [2.75, 3.05) is 0 Å². The van der Waals surface area contributed by atoms with E-state index < -0.39 is 0 Å². The summed E-state index contributed by atoms with van der Waals surface area (Å²) in [6.07, 6.45) is 34.3. The molecule has 1 atom stereocenters. The third-order valence-corrected chi connectivity index (χ3v) is 7.25. The van der Waals surface area contributed by atoms with Gasteiger partial charge in [-0.05, 0) is 120 Å². The summed E-state index contributed by atoms with van der Waals surface area (Å²) in [6.45, 7) is 11.1. The molecule has 0 rings (SSSR count). The van der Waals surface area contributed by atoms with Gasteiger partial charge in [-0.25, -0.2) is 0 Å². The van der Waals surface area contributed by atoms with E-state index in [4.69, 9.17) is 6.42 Å². The van der Waals surface area contributed by atoms with Crippen LogP contribution in [0.4, 0.5) is 0 Å². The van der Waals surface area contributed by atoms with E-state index in [-0.39, 0.29) is 0 Å². The summed E-state index contributed by atoms with van der Waals surface area (Å²) in [7, 11) is 0. The lowest BCUT2D eigenvalue weighted by molar-refractivity contribution is 0.397. The Morgan fingerprint density at radius 1 is 0.367 bits per heavy atom. The average Bonchev–Trinajstić information content (AvgIpc) is 3.08. The molecule has 0 amide bonds. The van der Waals surface area contributed by atoms with Crippen molar-refractivity contribution >= 4 is 0 Å². The molecule has 0 saturated heterocycles. The second kappa shape index (κ2) is 43.2. The predicted molar refractivity (Wildman–Crippen MR) is 214 cm³/mol. The third kappa shape index (κ3) is 47.7. The fourth-order valence-electron chi connectivity index (χ4n) is 4.95. The molecule has 0 aliphatic rings. The standard InChI is InChI=1S/C26H54.C23H4/c1-5-6-7-8-9-10-11-12-13-14-15-16-17-18-19-20-21-22-23-26(4)24-25(2)3;1-3-5-7-9-11-13-15-17-19-21-23-22-20-18-16-14-12-10-8-6-4-2/h25-26H,5-24H2,1-4H3;1H,2H3. The molecule has 0 saturated carbocycles. The fourth-order valence-corrected chi connectivity index (χ4v) is 4.95. The van der Waals surface area contributed by atoms with Crippen molar-refractivity contribution in [3.8, 4) is 131 Å². The van der Waals surface area contributed by atoms with E-state index >= 15 is 0 Å². The van der Waals surface area contributed by atoms with Gasteiger partial charge in [-0.15, -0.1) is 6.42 Å². The van der Waals surface area contributed by atoms with Gasteiger partial charge in [-0.2, -0.15) is 0 Å². The van der Waals surface area contributed by atoms with Crippen molar-refractivity contribution in [1.82, 2.24) is 0 Å². The van der Waals surface area contributed by atoms with Crippen LogP contribution in [0.3, 0.4) is 0 Å². The third-order valence-electron chi connectivity index (χ3n) is 7.25. The van der Waals surface area contributed by atoms with Crippen LogP contribution in [-0.4, -0.2) is 0 Å². The predicted octanol–water partition coefficient (Wildman–Crippen LogP) is 10.8. The topological polar surface area (TPSA) is 0 Å². The minimum absolute atomic E-state index is 0.876. The largest absolute Gasteiger partial charge is 0.106 e. The quantitative estimate of drug-likeness (QED) is 0.0860. The molecule has 0 aliphatic heterocycles. The lowest BCUT2D eigenvalue weighted by Gasteiger charge is -2.13. The lowest BCUT2D eigenvalue weighted by Crippen LogP contribution is -1.99. The monoisotopic (exact) mass is 646 g/mol. The zero-order valence-electron chi connectivity index (χ0n) is 31.4. The normalized spacial score (nSPS) is 8.59. The van der Waals surface area contributed by atoms with E-state index in [1.165, 1.54) is 128 Å². The number of hydrogen-bond acceptors (Lipinski definition) is 0. The highest BCUT2D eigenvalue weighted by molar-refractivity contribution is 5.47. The van der Waals surface area contributed by atoms with Crippen LogP contribution in [0.15, 0.2) is 0 Å². The number of rotatable bonds is 21. The summed E-state index contributed by atoms with van der Waals surface area (Å²) in [4.78, 5) is 0. The highest BCUT2D eigenvalue weighted by Gasteiger charge is 2.04. The van der Waals surface area contributed by atoms with Crippen LogP contribution in [0.2, 0.25) is 0 Å². The van der Waals surface area contributed by atoms with Crippen molar-refractivity contribution < 1.29 is 0 Å². The summed E-state index contributed by atoms with van der Waals surface area (Å²) in [5.74, 6) is 53.7. The number of terminal acetylenes is 1. The summed E-state index contributed by atoms with van der Waals surface area (Å²) in [5, 5.41) is 0. The Bertz CT molecular complexity index is 1540. The van der Waals surface area contributed by atoms with Gasteiger partial charge >= 0.3 is 0 Å². The summed E-state index contributed by atoms with van der Waals surface area (Å²) < 4.78 is 0. The molecule has 0 heteroatoms. The summed E-state index contributed by atoms with van der Waals surface area (Å²) >= 11 is 0. The van der Waals surface area contributed by atoms with Crippen LogP contribution in [0.5, 0.6) is 0 Å². The second-order valence-electron chi connectivity index (χ2n) is 12.3. The Morgan fingerprint density at radius 2 is 0.633 bits per heavy atom. The molecule has 0 nitrogen and oxygen atoms in total. The van der Waals surface area contributed by atoms with E-state index in [0.717, 1.165) is 11.8 Å². The molecule has 1 unspecified atom stereocenters. The molecular formula is C49H58. The van der Waals surface area contributed by atoms with Crippen molar-refractivity contribution in [3.05, 3.63) is 0 Å². The number of hydrogen-bond donors (Lipinski definition) is 0. The van der Waals surface area contributed by atoms with Crippen LogP contribution < -0.4 is 0 Å². The minimum Gasteiger partial charge on any atom is -0.106 e. The van der Waals surface area contributed by atoms with Gasteiger partial charge in [0.2, 0.25) is 0 Å². The molecule has 0 aromatic heterocycles. The first-order valence-electron chi connectivity index (χ1n) is 18.5. The fraction of sp³-hybridized carbons (Fsp3) is 0.551. The molecular weight excluding hydrogens is 589 g/mol. The van der Waals surface area contributed by atoms with Crippen LogP contribution >= 0.6 is 0 Å². The Labute approximate surface area is 304 Å². The van der Waals surface area contributed by atoms with Gasteiger partial charge in [0.25, 0.3) is 0 Å². The van der Waals surface area contributed by atoms with E-state index in [9.17, 15) is 0 Å². The summed E-state index contributed by atoms with van der Waals surface area (Å²) in [5.41, 5.74) is 0. The Balaban J connectivity index is 0. The average molecular weight is 647 g/mol. The maximum atomic E-state index is 4.90. The highest BCUT2D eigenvalue weighted by atomic mass is 14.1. The maximum absolute atomic E-state index is 4.90. The van der Waals surface area contributed by atoms with Crippen molar-refractivity contribution in [3.63, 3.8) is 0 Å². The Hall–Kier alpha value is -4.84. The smallest absolute Gasteiger partial charge is 0 e. The minimum atomic E-state index is 0.876. The highest BCUT2D eigenvalue weighted by Crippen LogP contribution is 2.19. The first-order chi connectivity index (χ1) is 24.1. The van der Waals surface area contributed by atoms with E-state index in [2.05, 4.69) is 152 Å². The Morgan fingerprint density at radius 3 is 0.898 bits per heavy atom. The van der Waals surface area contributed by atoms with Gasteiger partial charge < -0.3 is 0 Å². The zero-order valence-corrected chi connectivity index (χ0v) is 31.4. The van der Waals surface area contributed by atoms with Crippen molar-refractivity contribution in [1.29, 1.82) is 0 Å². The SMILES string of the molecule is C#CC#CC#CC#CC#CC#CC#CC#CC#CC#CC#CC.CCCCCCCCCCCCCCCCCCCCC(C)CC(C)C. The molecule has 0 fully saturated rings. The van der Waals surface area contributed by atoms with Gasteiger partial charge in [0.05, 0.1) is 0 Å². The molecule has 254 valence electrons. The van der Waals surface area contributed by atoms with Crippen molar-refractivity contribution in [2.24, 2.45) is 11.8 Å². The molecule has 0 N–H and O–H groups in total. The maximum Gasteiger partial charge on any atom is 0 e. The van der Waals surface area contributed by atoms with E-state index in [1.807, 2.05) is 0 Å². The van der Waals surface area contributed by atoms with Gasteiger partial charge in [0.1, 0.15) is 0 Å². The first-order valence-corrected chi connectivity index (χ1v) is 18.5. The van der Waals surface area contributed by atoms with Gasteiger partial charge in [-0.3, -0.25) is 0 Å².